The zero-order chi connectivity index (χ0) is 24.4. The number of aryl methyl sites for hydroxylation is 2. The standard InChI is InChI=1S/C28H25FN4O2/c1-3-20-13-24(28-27(18(2)31-32-28)21-9-11-22(29)12-10-21)25(34)14-26(20)35-17-19-15-30-33(16-19)23-7-5-4-6-8-23/h4-16,34H,3,17H2,1-2H3,(H,31,32). The predicted molar refractivity (Wildman–Crippen MR) is 133 cm³/mol. The van der Waals surface area contributed by atoms with Crippen molar-refractivity contribution in [2.75, 3.05) is 0 Å². The van der Waals surface area contributed by atoms with Crippen molar-refractivity contribution < 1.29 is 14.2 Å². The summed E-state index contributed by atoms with van der Waals surface area (Å²) in [7, 11) is 0. The fourth-order valence-corrected chi connectivity index (χ4v) is 4.13. The van der Waals surface area contributed by atoms with Crippen molar-refractivity contribution in [3.8, 4) is 39.6 Å². The SMILES string of the molecule is CCc1cc(-c2n[nH]c(C)c2-c2ccc(F)cc2)c(O)cc1OCc1cnn(-c2ccccc2)c1. The summed E-state index contributed by atoms with van der Waals surface area (Å²) in [5, 5.41) is 22.8. The molecule has 0 fully saturated rings. The number of aromatic hydroxyl groups is 1. The normalized spacial score (nSPS) is 11.1. The first kappa shape index (κ1) is 22.4. The Balaban J connectivity index is 1.42. The minimum absolute atomic E-state index is 0.0621. The molecule has 5 aromatic rings. The summed E-state index contributed by atoms with van der Waals surface area (Å²) in [5.41, 5.74) is 6.51. The van der Waals surface area contributed by atoms with Crippen LogP contribution in [0.5, 0.6) is 11.5 Å². The number of rotatable bonds is 7. The lowest BCUT2D eigenvalue weighted by Crippen LogP contribution is -1.99. The van der Waals surface area contributed by atoms with Gasteiger partial charge in [-0.15, -0.1) is 0 Å². The number of para-hydroxylation sites is 1. The van der Waals surface area contributed by atoms with Crippen LogP contribution >= 0.6 is 0 Å². The molecule has 0 amide bonds. The van der Waals surface area contributed by atoms with E-state index in [2.05, 4.69) is 15.3 Å². The van der Waals surface area contributed by atoms with E-state index in [0.29, 0.717) is 30.0 Å². The molecule has 7 heteroatoms. The predicted octanol–water partition coefficient (Wildman–Crippen LogP) is 6.22. The highest BCUT2D eigenvalue weighted by molar-refractivity contribution is 5.85. The minimum Gasteiger partial charge on any atom is -0.507 e. The van der Waals surface area contributed by atoms with Crippen molar-refractivity contribution in [1.82, 2.24) is 20.0 Å². The molecule has 3 aromatic carbocycles. The van der Waals surface area contributed by atoms with Crippen LogP contribution < -0.4 is 4.74 Å². The molecule has 0 aliphatic carbocycles. The van der Waals surface area contributed by atoms with Crippen LogP contribution in [0.2, 0.25) is 0 Å². The van der Waals surface area contributed by atoms with Gasteiger partial charge in [0.15, 0.2) is 0 Å². The molecular formula is C28H25FN4O2. The molecule has 0 atom stereocenters. The third-order valence-corrected chi connectivity index (χ3v) is 5.95. The van der Waals surface area contributed by atoms with Gasteiger partial charge in [0, 0.05) is 34.6 Å². The van der Waals surface area contributed by atoms with Gasteiger partial charge in [-0.3, -0.25) is 5.10 Å². The smallest absolute Gasteiger partial charge is 0.128 e. The second-order valence-electron chi connectivity index (χ2n) is 8.33. The van der Waals surface area contributed by atoms with Crippen LogP contribution in [0, 0.1) is 12.7 Å². The van der Waals surface area contributed by atoms with Crippen LogP contribution in [-0.2, 0) is 13.0 Å². The maximum atomic E-state index is 13.5. The molecule has 0 bridgehead atoms. The quantitative estimate of drug-likeness (QED) is 0.297. The lowest BCUT2D eigenvalue weighted by molar-refractivity contribution is 0.301. The summed E-state index contributed by atoms with van der Waals surface area (Å²) in [5.74, 6) is 0.368. The average molecular weight is 469 g/mol. The monoisotopic (exact) mass is 468 g/mol. The number of aromatic amines is 1. The fourth-order valence-electron chi connectivity index (χ4n) is 4.13. The van der Waals surface area contributed by atoms with Gasteiger partial charge in [0.05, 0.1) is 11.9 Å². The first-order valence-corrected chi connectivity index (χ1v) is 11.4. The molecule has 2 N–H and O–H groups in total. The van der Waals surface area contributed by atoms with Crippen LogP contribution in [0.3, 0.4) is 0 Å². The highest BCUT2D eigenvalue weighted by atomic mass is 19.1. The molecule has 0 spiro atoms. The number of phenols is 1. The maximum absolute atomic E-state index is 13.5. The highest BCUT2D eigenvalue weighted by Crippen LogP contribution is 2.40. The largest absolute Gasteiger partial charge is 0.507 e. The van der Waals surface area contributed by atoms with Crippen molar-refractivity contribution >= 4 is 0 Å². The molecule has 35 heavy (non-hydrogen) atoms. The van der Waals surface area contributed by atoms with E-state index < -0.39 is 0 Å². The van der Waals surface area contributed by atoms with Crippen molar-refractivity contribution in [2.45, 2.75) is 26.9 Å². The van der Waals surface area contributed by atoms with Crippen molar-refractivity contribution in [3.63, 3.8) is 0 Å². The van der Waals surface area contributed by atoms with Gasteiger partial charge in [-0.2, -0.15) is 10.2 Å². The molecule has 0 saturated heterocycles. The number of hydrogen-bond donors (Lipinski definition) is 2. The lowest BCUT2D eigenvalue weighted by Gasteiger charge is -2.14. The van der Waals surface area contributed by atoms with Gasteiger partial charge in [-0.05, 0) is 54.8 Å². The van der Waals surface area contributed by atoms with Crippen LogP contribution in [0.25, 0.3) is 28.1 Å². The third kappa shape index (κ3) is 4.53. The van der Waals surface area contributed by atoms with Gasteiger partial charge in [0.1, 0.15) is 29.6 Å². The number of aromatic nitrogens is 4. The summed E-state index contributed by atoms with van der Waals surface area (Å²) < 4.78 is 21.3. The highest BCUT2D eigenvalue weighted by Gasteiger charge is 2.20. The molecule has 0 unspecified atom stereocenters. The summed E-state index contributed by atoms with van der Waals surface area (Å²) in [4.78, 5) is 0. The first-order valence-electron chi connectivity index (χ1n) is 11.4. The number of halogens is 1. The second kappa shape index (κ2) is 9.46. The van der Waals surface area contributed by atoms with Crippen molar-refractivity contribution in [3.05, 3.63) is 102 Å². The molecule has 0 radical (unpaired) electrons. The van der Waals surface area contributed by atoms with Crippen LogP contribution in [0.4, 0.5) is 4.39 Å². The molecule has 2 aromatic heterocycles. The number of benzene rings is 3. The molecule has 0 aliphatic rings. The Hall–Kier alpha value is -4.39. The van der Waals surface area contributed by atoms with Crippen molar-refractivity contribution in [2.24, 2.45) is 0 Å². The Morgan fingerprint density at radius 2 is 1.83 bits per heavy atom. The number of H-pyrrole nitrogens is 1. The molecular weight excluding hydrogens is 443 g/mol. The molecule has 5 rings (SSSR count). The average Bonchev–Trinajstić information content (AvgIpc) is 3.51. The van der Waals surface area contributed by atoms with Gasteiger partial charge >= 0.3 is 0 Å². The van der Waals surface area contributed by atoms with Gasteiger partial charge in [0.25, 0.3) is 0 Å². The number of hydrogen-bond acceptors (Lipinski definition) is 4. The molecule has 6 nitrogen and oxygen atoms in total. The summed E-state index contributed by atoms with van der Waals surface area (Å²) in [6.07, 6.45) is 4.41. The van der Waals surface area contributed by atoms with Gasteiger partial charge in [0.2, 0.25) is 0 Å². The second-order valence-corrected chi connectivity index (χ2v) is 8.33. The molecule has 0 aliphatic heterocycles. The van der Waals surface area contributed by atoms with Gasteiger partial charge in [-0.25, -0.2) is 9.07 Å². The minimum atomic E-state index is -0.302. The fraction of sp³-hybridized carbons (Fsp3) is 0.143. The van der Waals surface area contributed by atoms with Crippen LogP contribution in [0.15, 0.2) is 79.1 Å². The zero-order valence-corrected chi connectivity index (χ0v) is 19.5. The summed E-state index contributed by atoms with van der Waals surface area (Å²) in [6.45, 7) is 4.26. The van der Waals surface area contributed by atoms with E-state index in [0.717, 1.165) is 33.6 Å². The molecule has 2 heterocycles. The Morgan fingerprint density at radius 1 is 1.06 bits per heavy atom. The molecule has 0 saturated carbocycles. The molecule has 176 valence electrons. The van der Waals surface area contributed by atoms with Crippen LogP contribution in [-0.4, -0.2) is 25.1 Å². The van der Waals surface area contributed by atoms with Crippen LogP contribution in [0.1, 0.15) is 23.7 Å². The summed E-state index contributed by atoms with van der Waals surface area (Å²) >= 11 is 0. The van der Waals surface area contributed by atoms with Gasteiger partial charge in [-0.1, -0.05) is 37.3 Å². The third-order valence-electron chi connectivity index (χ3n) is 5.95. The zero-order valence-electron chi connectivity index (χ0n) is 19.5. The number of nitrogens with zero attached hydrogens (tertiary/aromatic N) is 3. The maximum Gasteiger partial charge on any atom is 0.128 e. The Kier molecular flexibility index (Phi) is 6.06. The van der Waals surface area contributed by atoms with E-state index in [-0.39, 0.29) is 11.6 Å². The Labute approximate surface area is 202 Å². The van der Waals surface area contributed by atoms with Crippen molar-refractivity contribution in [1.29, 1.82) is 0 Å². The number of phenolic OH excluding ortho intramolecular Hbond substituents is 1. The van der Waals surface area contributed by atoms with E-state index >= 15 is 0 Å². The number of nitrogens with one attached hydrogen (secondary N) is 1. The van der Waals surface area contributed by atoms with E-state index in [1.807, 2.05) is 56.4 Å². The number of ether oxygens (including phenoxy) is 1. The summed E-state index contributed by atoms with van der Waals surface area (Å²) in [6, 6.07) is 19.7. The topological polar surface area (TPSA) is 76.0 Å². The Morgan fingerprint density at radius 3 is 2.57 bits per heavy atom. The first-order chi connectivity index (χ1) is 17.0. The van der Waals surface area contributed by atoms with E-state index in [1.165, 1.54) is 12.1 Å². The van der Waals surface area contributed by atoms with E-state index in [4.69, 9.17) is 4.74 Å². The lowest BCUT2D eigenvalue weighted by atomic mass is 9.96. The van der Waals surface area contributed by atoms with E-state index in [9.17, 15) is 9.50 Å². The van der Waals surface area contributed by atoms with E-state index in [1.54, 1.807) is 29.1 Å². The Bertz CT molecular complexity index is 1460. The van der Waals surface area contributed by atoms with Gasteiger partial charge < -0.3 is 9.84 Å².